The van der Waals surface area contributed by atoms with Gasteiger partial charge in [-0.25, -0.2) is 0 Å². The van der Waals surface area contributed by atoms with Crippen LogP contribution in [0.1, 0.15) is 413 Å². The third-order valence-corrected chi connectivity index (χ3v) is 24.3. The molecule has 0 bridgehead atoms. The van der Waals surface area contributed by atoms with Crippen LogP contribution in [0.15, 0.2) is 0 Å². The highest BCUT2D eigenvalue weighted by molar-refractivity contribution is 6.60. The van der Waals surface area contributed by atoms with Crippen molar-refractivity contribution >= 4 is 26.5 Å². The molecule has 0 radical (unpaired) electrons. The molecule has 9 N–H and O–H groups in total. The maximum Gasteiger partial charge on any atom is 0.501 e. The lowest BCUT2D eigenvalue weighted by molar-refractivity contribution is -0.910. The molecular formula is C84H171ClN4O12Si. The van der Waals surface area contributed by atoms with Gasteiger partial charge in [0.1, 0.15) is 16.6 Å². The summed E-state index contributed by atoms with van der Waals surface area (Å²) in [6.07, 6.45) is 65.8. The van der Waals surface area contributed by atoms with Gasteiger partial charge in [0.25, 0.3) is 0 Å². The van der Waals surface area contributed by atoms with Gasteiger partial charge in [-0.3, -0.25) is 14.4 Å². The van der Waals surface area contributed by atoms with Crippen molar-refractivity contribution < 1.29 is 75.2 Å². The van der Waals surface area contributed by atoms with Crippen molar-refractivity contribution in [3.05, 3.63) is 0 Å². The van der Waals surface area contributed by atoms with Crippen LogP contribution in [0.2, 0.25) is 6.04 Å². The summed E-state index contributed by atoms with van der Waals surface area (Å²) in [7, 11) is -2.08. The predicted octanol–water partition coefficient (Wildman–Crippen LogP) is 16.1. The van der Waals surface area contributed by atoms with Crippen LogP contribution in [-0.2, 0) is 27.7 Å². The van der Waals surface area contributed by atoms with Crippen LogP contribution in [0.3, 0.4) is 0 Å². The highest BCUT2D eigenvalue weighted by Crippen LogP contribution is 2.28. The van der Waals surface area contributed by atoms with Crippen LogP contribution >= 0.6 is 0 Å². The van der Waals surface area contributed by atoms with Crippen LogP contribution in [-0.4, -0.2) is 164 Å². The van der Waals surface area contributed by atoms with Crippen LogP contribution < -0.4 is 28.4 Å². The third-order valence-electron chi connectivity index (χ3n) is 21.5. The lowest BCUT2D eigenvalue weighted by atomic mass is 10.0. The molecule has 18 heteroatoms. The second kappa shape index (κ2) is 72.4. The number of hydrogen-bond acceptors (Lipinski definition) is 12. The Bertz CT molecular complexity index is 1640. The number of hydrogen-bond donors (Lipinski definition) is 9. The number of halogens is 1. The van der Waals surface area contributed by atoms with Crippen molar-refractivity contribution in [1.29, 1.82) is 0 Å². The molecule has 0 rings (SSSR count). The van der Waals surface area contributed by atoms with E-state index >= 15 is 0 Å². The Morgan fingerprint density at radius 1 is 0.275 bits per heavy atom. The van der Waals surface area contributed by atoms with Crippen LogP contribution in [0, 0.1) is 0 Å². The molecule has 0 heterocycles. The highest BCUT2D eigenvalue weighted by Gasteiger charge is 2.49. The molecule has 16 nitrogen and oxygen atoms in total. The number of aliphatic hydroxyl groups is 6. The van der Waals surface area contributed by atoms with Crippen LogP contribution in [0.5, 0.6) is 0 Å². The van der Waals surface area contributed by atoms with Gasteiger partial charge in [-0.2, -0.15) is 0 Å². The molecule has 0 aromatic carbocycles. The number of nitrogens with zero attached hydrogens (tertiary/aromatic N) is 1. The van der Waals surface area contributed by atoms with Gasteiger partial charge in [0.05, 0.1) is 86.1 Å². The van der Waals surface area contributed by atoms with E-state index in [9.17, 15) is 45.0 Å². The van der Waals surface area contributed by atoms with Gasteiger partial charge in [0.15, 0.2) is 0 Å². The molecule has 0 unspecified atom stereocenters. The van der Waals surface area contributed by atoms with Crippen molar-refractivity contribution in [3.8, 4) is 0 Å². The van der Waals surface area contributed by atoms with Crippen LogP contribution in [0.25, 0.3) is 0 Å². The van der Waals surface area contributed by atoms with Crippen molar-refractivity contribution in [2.45, 2.75) is 436 Å². The van der Waals surface area contributed by atoms with E-state index in [0.29, 0.717) is 32.2 Å². The zero-order valence-corrected chi connectivity index (χ0v) is 69.6. The molecule has 610 valence electrons. The number of carbonyl (C=O) groups is 3. The van der Waals surface area contributed by atoms with E-state index in [4.69, 9.17) is 13.3 Å². The summed E-state index contributed by atoms with van der Waals surface area (Å²) >= 11 is 0. The van der Waals surface area contributed by atoms with E-state index in [1.807, 2.05) is 0 Å². The number of nitrogens with one attached hydrogen (secondary N) is 3. The standard InChI is InChI=1S/C84H170N4O12Si.ClH/c1-7-12-17-22-27-32-35-38-41-44-47-52-57-63-79(95)85-82(70-89,71-90)76-98-101(69-62-68-88(6,66-60-55-50-30-25-20-15-10-4)67-61-56-51-31-26-21-16-11-5,99-77-83(72-91,73-92)86-80(96)64-58-53-48-45-42-39-36-33-28-23-18-13-8-2)100-78-84(74-93,75-94)87-81(97)65-59-54-49-46-43-40-37-34-29-24-19-14-9-3;/h89-94H,7-78H2,1-6H3,(H2-,85,86,87,95,96,97);1H. The maximum absolute atomic E-state index is 13.9. The molecule has 0 fully saturated rings. The lowest BCUT2D eigenvalue weighted by Crippen LogP contribution is -3.00. The minimum absolute atomic E-state index is 0. The highest BCUT2D eigenvalue weighted by atomic mass is 35.5. The first-order chi connectivity index (χ1) is 49.2. The molecule has 0 aliphatic rings. The van der Waals surface area contributed by atoms with E-state index in [0.717, 1.165) is 101 Å². The van der Waals surface area contributed by atoms with Gasteiger partial charge in [-0.15, -0.1) is 0 Å². The Hall–Kier alpha value is -1.48. The zero-order chi connectivity index (χ0) is 74.4. The van der Waals surface area contributed by atoms with Crippen molar-refractivity contribution in [3.63, 3.8) is 0 Å². The second-order valence-electron chi connectivity index (χ2n) is 31.8. The van der Waals surface area contributed by atoms with Gasteiger partial charge in [-0.05, 0) is 44.9 Å². The largest absolute Gasteiger partial charge is 1.00 e. The topological polar surface area (TPSA) is 236 Å². The fourth-order valence-electron chi connectivity index (χ4n) is 14.1. The maximum atomic E-state index is 13.9. The Labute approximate surface area is 636 Å². The monoisotopic (exact) mass is 1490 g/mol. The van der Waals surface area contributed by atoms with Crippen molar-refractivity contribution in [2.75, 3.05) is 86.1 Å². The van der Waals surface area contributed by atoms with E-state index < -0.39 is 84.9 Å². The average molecular weight is 1490 g/mol. The Balaban J connectivity index is 0. The lowest BCUT2D eigenvalue weighted by Gasteiger charge is -2.41. The van der Waals surface area contributed by atoms with Gasteiger partial charge < -0.3 is 76.8 Å². The minimum Gasteiger partial charge on any atom is -1.00 e. The van der Waals surface area contributed by atoms with E-state index in [2.05, 4.69) is 57.6 Å². The number of aliphatic hydroxyl groups excluding tert-OH is 6. The fourth-order valence-corrected chi connectivity index (χ4v) is 16.9. The number of quaternary nitrogens is 1. The number of carbonyl (C=O) groups excluding carboxylic acids is 3. The first-order valence-corrected chi connectivity index (χ1v) is 45.4. The normalized spacial score (nSPS) is 12.4. The molecule has 0 aliphatic heterocycles. The van der Waals surface area contributed by atoms with Crippen molar-refractivity contribution in [1.82, 2.24) is 16.0 Å². The summed E-state index contributed by atoms with van der Waals surface area (Å²) in [5, 5.41) is 76.3. The number of amides is 3. The summed E-state index contributed by atoms with van der Waals surface area (Å²) in [5.74, 6) is -1.04. The molecular weight excluding hydrogens is 1320 g/mol. The molecule has 0 saturated heterocycles. The molecule has 0 aliphatic carbocycles. The molecule has 0 atom stereocenters. The minimum atomic E-state index is -4.41. The summed E-state index contributed by atoms with van der Waals surface area (Å²) in [4.78, 5) is 41.8. The van der Waals surface area contributed by atoms with Gasteiger partial charge in [0.2, 0.25) is 17.7 Å². The Morgan fingerprint density at radius 3 is 0.627 bits per heavy atom. The number of unbranched alkanes of at least 4 members (excludes halogenated alkanes) is 50. The summed E-state index contributed by atoms with van der Waals surface area (Å²) in [6, 6.07) is 0.134. The summed E-state index contributed by atoms with van der Waals surface area (Å²) < 4.78 is 21.8. The first-order valence-electron chi connectivity index (χ1n) is 43.5. The first kappa shape index (κ1) is 103. The SMILES string of the molecule is CCCCCCCCCCCCCCCC(=O)NC(CO)(CO)CO[Si](CCC[N+](C)(CCCCCCCCCC)CCCCCCCCCC)(OCC(CO)(CO)NC(=O)CCCCCCCCCCCCCCC)OCC(CO)(CO)NC(=O)CCCCCCCCCCCCCCC.[Cl-]. The number of rotatable bonds is 82. The van der Waals surface area contributed by atoms with Gasteiger partial charge >= 0.3 is 8.80 Å². The third kappa shape index (κ3) is 57.6. The molecule has 3 amide bonds. The van der Waals surface area contributed by atoms with Gasteiger partial charge in [0, 0.05) is 31.7 Å². The average Bonchev–Trinajstić information content (AvgIpc) is 0.809. The van der Waals surface area contributed by atoms with E-state index in [1.54, 1.807) is 0 Å². The summed E-state index contributed by atoms with van der Waals surface area (Å²) in [5.41, 5.74) is -5.09. The predicted molar refractivity (Wildman–Crippen MR) is 425 cm³/mol. The van der Waals surface area contributed by atoms with Crippen molar-refractivity contribution in [2.24, 2.45) is 0 Å². The summed E-state index contributed by atoms with van der Waals surface area (Å²) in [6.45, 7) is 8.35. The fraction of sp³-hybridized carbons (Fsp3) is 0.964. The van der Waals surface area contributed by atoms with Gasteiger partial charge in [-0.1, -0.05) is 343 Å². The Morgan fingerprint density at radius 2 is 0.441 bits per heavy atom. The molecule has 0 spiro atoms. The van der Waals surface area contributed by atoms with E-state index in [-0.39, 0.29) is 55.4 Å². The molecule has 0 aromatic heterocycles. The molecule has 0 aromatic rings. The molecule has 102 heavy (non-hydrogen) atoms. The Kier molecular flexibility index (Phi) is 72.8. The molecule has 0 saturated carbocycles. The quantitative estimate of drug-likeness (QED) is 0.0157. The zero-order valence-electron chi connectivity index (χ0n) is 67.9. The smallest absolute Gasteiger partial charge is 0.501 e. The van der Waals surface area contributed by atoms with Crippen LogP contribution in [0.4, 0.5) is 0 Å². The second-order valence-corrected chi connectivity index (χ2v) is 34.5. The van der Waals surface area contributed by atoms with E-state index in [1.165, 1.54) is 250 Å².